The van der Waals surface area contributed by atoms with Crippen molar-refractivity contribution in [2.45, 2.75) is 32.6 Å². The van der Waals surface area contributed by atoms with Gasteiger partial charge in [0.1, 0.15) is 5.92 Å². The number of carboxylic acids is 1. The van der Waals surface area contributed by atoms with Crippen molar-refractivity contribution in [3.8, 4) is 0 Å². The summed E-state index contributed by atoms with van der Waals surface area (Å²) < 4.78 is 0. The average molecular weight is 275 g/mol. The van der Waals surface area contributed by atoms with Crippen molar-refractivity contribution in [1.82, 2.24) is 4.90 Å². The van der Waals surface area contributed by atoms with Gasteiger partial charge in [-0.3, -0.25) is 9.59 Å². The zero-order chi connectivity index (χ0) is 14.7. The monoisotopic (exact) mass is 275 g/mol. The maximum absolute atomic E-state index is 12.0. The minimum atomic E-state index is -1.05. The number of rotatable bonds is 3. The molecule has 1 aromatic carbocycles. The highest BCUT2D eigenvalue weighted by molar-refractivity contribution is 5.96. The molecule has 1 aliphatic rings. The summed E-state index contributed by atoms with van der Waals surface area (Å²) in [7, 11) is 0. The Morgan fingerprint density at radius 3 is 2.40 bits per heavy atom. The van der Waals surface area contributed by atoms with Crippen LogP contribution in [0.25, 0.3) is 0 Å². The first-order valence-electron chi connectivity index (χ1n) is 7.08. The van der Waals surface area contributed by atoms with Crippen LogP contribution in [0.3, 0.4) is 0 Å². The summed E-state index contributed by atoms with van der Waals surface area (Å²) in [5, 5.41) is 8.90. The molecule has 1 aromatic rings. The molecule has 1 amide bonds. The molecule has 2 rings (SSSR count). The minimum Gasteiger partial charge on any atom is -0.481 e. The molecule has 0 bridgehead atoms. The van der Waals surface area contributed by atoms with Crippen molar-refractivity contribution in [2.75, 3.05) is 13.1 Å². The fraction of sp³-hybridized carbons (Fsp3) is 0.500. The van der Waals surface area contributed by atoms with Crippen LogP contribution in [0.1, 0.15) is 36.8 Å². The van der Waals surface area contributed by atoms with Gasteiger partial charge in [-0.25, -0.2) is 0 Å². The summed E-state index contributed by atoms with van der Waals surface area (Å²) >= 11 is 0. The van der Waals surface area contributed by atoms with Crippen molar-refractivity contribution in [3.63, 3.8) is 0 Å². The molecule has 1 unspecified atom stereocenters. The number of amides is 1. The molecule has 1 atom stereocenters. The summed E-state index contributed by atoms with van der Waals surface area (Å²) in [6.45, 7) is 4.86. The van der Waals surface area contributed by atoms with Gasteiger partial charge in [0.05, 0.1) is 0 Å². The molecule has 20 heavy (non-hydrogen) atoms. The molecule has 0 spiro atoms. The molecule has 0 radical (unpaired) electrons. The fourth-order valence-corrected chi connectivity index (χ4v) is 2.84. The Hall–Kier alpha value is -1.84. The highest BCUT2D eigenvalue weighted by Gasteiger charge is 2.30. The average Bonchev–Trinajstić information content (AvgIpc) is 2.46. The number of piperidine rings is 1. The Morgan fingerprint density at radius 2 is 1.85 bits per heavy atom. The van der Waals surface area contributed by atoms with E-state index in [1.807, 2.05) is 12.1 Å². The van der Waals surface area contributed by atoms with E-state index in [-0.39, 0.29) is 5.91 Å². The third kappa shape index (κ3) is 3.00. The van der Waals surface area contributed by atoms with Crippen LogP contribution in [0.4, 0.5) is 0 Å². The summed E-state index contributed by atoms with van der Waals surface area (Å²) in [6, 6.07) is 8.34. The second-order valence-electron chi connectivity index (χ2n) is 5.52. The Balaban J connectivity index is 1.98. The molecule has 108 valence electrons. The Kier molecular flexibility index (Phi) is 4.42. The molecule has 1 heterocycles. The number of nitrogens with zero attached hydrogens (tertiary/aromatic N) is 1. The van der Waals surface area contributed by atoms with E-state index in [0.29, 0.717) is 19.0 Å². The van der Waals surface area contributed by atoms with E-state index in [2.05, 4.69) is 19.1 Å². The van der Waals surface area contributed by atoms with E-state index in [0.717, 1.165) is 12.8 Å². The summed E-state index contributed by atoms with van der Waals surface area (Å²) in [5.41, 5.74) is 2.64. The second kappa shape index (κ2) is 6.07. The highest BCUT2D eigenvalue weighted by atomic mass is 16.4. The molecular formula is C16H21NO3. The van der Waals surface area contributed by atoms with E-state index in [4.69, 9.17) is 5.11 Å². The number of benzene rings is 1. The minimum absolute atomic E-state index is 0.263. The van der Waals surface area contributed by atoms with Gasteiger partial charge in [-0.05, 0) is 43.7 Å². The van der Waals surface area contributed by atoms with Crippen molar-refractivity contribution in [3.05, 3.63) is 35.4 Å². The molecule has 1 fully saturated rings. The van der Waals surface area contributed by atoms with E-state index in [1.54, 1.807) is 4.90 Å². The lowest BCUT2D eigenvalue weighted by molar-refractivity contribution is -0.150. The lowest BCUT2D eigenvalue weighted by atomic mass is 9.86. The third-order valence-electron chi connectivity index (χ3n) is 4.18. The maximum atomic E-state index is 12.0. The van der Waals surface area contributed by atoms with Crippen LogP contribution in [0.5, 0.6) is 0 Å². The lowest BCUT2D eigenvalue weighted by Crippen LogP contribution is -2.42. The Labute approximate surface area is 119 Å². The zero-order valence-corrected chi connectivity index (χ0v) is 12.0. The van der Waals surface area contributed by atoms with Crippen molar-refractivity contribution >= 4 is 11.9 Å². The predicted molar refractivity (Wildman–Crippen MR) is 76.5 cm³/mol. The number of aliphatic carboxylic acids is 1. The van der Waals surface area contributed by atoms with Crippen LogP contribution >= 0.6 is 0 Å². The highest BCUT2D eigenvalue weighted by Crippen LogP contribution is 2.30. The predicted octanol–water partition coefficient (Wildman–Crippen LogP) is 2.42. The first-order chi connectivity index (χ1) is 9.50. The van der Waals surface area contributed by atoms with Crippen LogP contribution in [0.15, 0.2) is 24.3 Å². The molecule has 1 saturated heterocycles. The van der Waals surface area contributed by atoms with Gasteiger partial charge < -0.3 is 10.0 Å². The van der Waals surface area contributed by atoms with Crippen molar-refractivity contribution in [1.29, 1.82) is 0 Å². The van der Waals surface area contributed by atoms with Gasteiger partial charge in [0, 0.05) is 13.1 Å². The first kappa shape index (κ1) is 14.6. The second-order valence-corrected chi connectivity index (χ2v) is 5.52. The van der Waals surface area contributed by atoms with E-state index >= 15 is 0 Å². The van der Waals surface area contributed by atoms with Crippen LogP contribution < -0.4 is 0 Å². The number of hydrogen-bond donors (Lipinski definition) is 1. The Bertz CT molecular complexity index is 504. The van der Waals surface area contributed by atoms with Crippen molar-refractivity contribution in [2.24, 2.45) is 5.92 Å². The molecule has 0 saturated carbocycles. The van der Waals surface area contributed by atoms with E-state index in [9.17, 15) is 9.59 Å². The topological polar surface area (TPSA) is 57.6 Å². The van der Waals surface area contributed by atoms with Crippen LogP contribution in [-0.4, -0.2) is 35.0 Å². The number of carbonyl (C=O) groups excluding carboxylic acids is 1. The summed E-state index contributed by atoms with van der Waals surface area (Å²) in [5.74, 6) is -1.78. The molecule has 4 heteroatoms. The smallest absolute Gasteiger partial charge is 0.315 e. The van der Waals surface area contributed by atoms with Gasteiger partial charge >= 0.3 is 5.97 Å². The van der Waals surface area contributed by atoms with E-state index in [1.165, 1.54) is 18.1 Å². The van der Waals surface area contributed by atoms with Gasteiger partial charge in [0.15, 0.2) is 0 Å². The zero-order valence-electron chi connectivity index (χ0n) is 12.0. The molecule has 0 aliphatic carbocycles. The Morgan fingerprint density at radius 1 is 1.25 bits per heavy atom. The molecule has 1 N–H and O–H groups in total. The van der Waals surface area contributed by atoms with Gasteiger partial charge in [0.25, 0.3) is 0 Å². The number of likely N-dealkylation sites (tertiary alicyclic amines) is 1. The van der Waals surface area contributed by atoms with Gasteiger partial charge in [-0.2, -0.15) is 0 Å². The van der Waals surface area contributed by atoms with Gasteiger partial charge in [-0.15, -0.1) is 0 Å². The number of hydrogen-bond acceptors (Lipinski definition) is 2. The fourth-order valence-electron chi connectivity index (χ4n) is 2.84. The van der Waals surface area contributed by atoms with Gasteiger partial charge in [0.2, 0.25) is 5.91 Å². The van der Waals surface area contributed by atoms with Gasteiger partial charge in [-0.1, -0.05) is 24.3 Å². The normalized spacial score (nSPS) is 17.8. The lowest BCUT2D eigenvalue weighted by Gasteiger charge is -2.33. The summed E-state index contributed by atoms with van der Waals surface area (Å²) in [4.78, 5) is 24.5. The maximum Gasteiger partial charge on any atom is 0.315 e. The number of aryl methyl sites for hydroxylation is 1. The first-order valence-corrected chi connectivity index (χ1v) is 7.08. The van der Waals surface area contributed by atoms with Crippen LogP contribution in [-0.2, 0) is 9.59 Å². The quantitative estimate of drug-likeness (QED) is 0.862. The largest absolute Gasteiger partial charge is 0.481 e. The summed E-state index contributed by atoms with van der Waals surface area (Å²) in [6.07, 6.45) is 1.81. The standard InChI is InChI=1S/C16H21NO3/c1-11-5-3-4-6-14(11)13-7-9-17(10-8-13)15(18)12(2)16(19)20/h3-6,12-13H,7-10H2,1-2H3,(H,19,20). The van der Waals surface area contributed by atoms with Crippen LogP contribution in [0.2, 0.25) is 0 Å². The molecular weight excluding hydrogens is 254 g/mol. The third-order valence-corrected chi connectivity index (χ3v) is 4.18. The number of carbonyl (C=O) groups is 2. The molecule has 1 aliphatic heterocycles. The van der Waals surface area contributed by atoms with Crippen molar-refractivity contribution < 1.29 is 14.7 Å². The molecule has 4 nitrogen and oxygen atoms in total. The molecule has 0 aromatic heterocycles. The van der Waals surface area contributed by atoms with Crippen LogP contribution in [0, 0.1) is 12.8 Å². The number of carboxylic acid groups (broad SMARTS) is 1. The SMILES string of the molecule is Cc1ccccc1C1CCN(C(=O)C(C)C(=O)O)CC1. The van der Waals surface area contributed by atoms with E-state index < -0.39 is 11.9 Å².